The molecule has 3 N–H and O–H groups in total. The Labute approximate surface area is 132 Å². The fraction of sp³-hybridized carbons (Fsp3) is 0.538. The minimum absolute atomic E-state index is 0.0410. The molecule has 1 aliphatic heterocycles. The van der Waals surface area contributed by atoms with E-state index in [1.807, 2.05) is 14.0 Å². The Morgan fingerprint density at radius 3 is 2.76 bits per heavy atom. The third kappa shape index (κ3) is 3.74. The van der Waals surface area contributed by atoms with Crippen LogP contribution in [0.5, 0.6) is 0 Å². The molecule has 21 heavy (non-hydrogen) atoms. The fourth-order valence-electron chi connectivity index (χ4n) is 2.57. The van der Waals surface area contributed by atoms with Crippen molar-refractivity contribution in [1.82, 2.24) is 9.62 Å². The molecule has 0 amide bonds. The maximum atomic E-state index is 14.1. The number of sulfonamides is 1. The summed E-state index contributed by atoms with van der Waals surface area (Å²) in [5.41, 5.74) is 5.80. The largest absolute Gasteiger partial charge is 0.399 e. The van der Waals surface area contributed by atoms with Crippen LogP contribution in [-0.2, 0) is 10.0 Å². The molecular formula is C13H19BrFN3O2S. The number of benzene rings is 1. The molecule has 0 aromatic heterocycles. The molecular weight excluding hydrogens is 361 g/mol. The number of hydrogen-bond acceptors (Lipinski definition) is 4. The summed E-state index contributed by atoms with van der Waals surface area (Å²) < 4.78 is 41.5. The maximum Gasteiger partial charge on any atom is 0.243 e. The van der Waals surface area contributed by atoms with Crippen LogP contribution in [0, 0.1) is 11.7 Å². The van der Waals surface area contributed by atoms with Gasteiger partial charge in [-0.25, -0.2) is 17.5 Å². The smallest absolute Gasteiger partial charge is 0.243 e. The molecule has 1 saturated heterocycles. The molecule has 0 bridgehead atoms. The molecule has 8 heteroatoms. The summed E-state index contributed by atoms with van der Waals surface area (Å²) in [7, 11) is -1.94. The Balaban J connectivity index is 2.27. The highest BCUT2D eigenvalue weighted by molar-refractivity contribution is 9.10. The first-order chi connectivity index (χ1) is 9.70. The van der Waals surface area contributed by atoms with Gasteiger partial charge in [-0.3, -0.25) is 0 Å². The van der Waals surface area contributed by atoms with E-state index in [0.29, 0.717) is 6.42 Å². The van der Waals surface area contributed by atoms with Gasteiger partial charge in [0.05, 0.1) is 4.47 Å². The lowest BCUT2D eigenvalue weighted by Crippen LogP contribution is -2.48. The quantitative estimate of drug-likeness (QED) is 0.785. The monoisotopic (exact) mass is 379 g/mol. The average Bonchev–Trinajstić information content (AvgIpc) is 2.37. The Hall–Kier alpha value is -0.700. The van der Waals surface area contributed by atoms with Gasteiger partial charge >= 0.3 is 0 Å². The van der Waals surface area contributed by atoms with Gasteiger partial charge in [0.25, 0.3) is 0 Å². The van der Waals surface area contributed by atoms with Crippen LogP contribution in [0.1, 0.15) is 13.3 Å². The first kappa shape index (κ1) is 16.7. The van der Waals surface area contributed by atoms with Crippen molar-refractivity contribution < 1.29 is 12.8 Å². The van der Waals surface area contributed by atoms with E-state index in [2.05, 4.69) is 25.6 Å². The number of nitrogen functional groups attached to an aromatic ring is 1. The zero-order valence-corrected chi connectivity index (χ0v) is 14.3. The van der Waals surface area contributed by atoms with Crippen molar-refractivity contribution in [2.75, 3.05) is 25.9 Å². The second kappa shape index (κ2) is 6.20. The predicted octanol–water partition coefficient (Wildman–Crippen LogP) is 1.79. The van der Waals surface area contributed by atoms with Crippen molar-refractivity contribution in [3.8, 4) is 0 Å². The van der Waals surface area contributed by atoms with Gasteiger partial charge in [0.2, 0.25) is 10.0 Å². The van der Waals surface area contributed by atoms with Gasteiger partial charge in [-0.1, -0.05) is 6.92 Å². The van der Waals surface area contributed by atoms with Gasteiger partial charge in [0, 0.05) is 18.3 Å². The minimum atomic E-state index is -3.94. The fourth-order valence-corrected chi connectivity index (χ4v) is 4.69. The average molecular weight is 380 g/mol. The lowest BCUT2D eigenvalue weighted by molar-refractivity contribution is 0.188. The van der Waals surface area contributed by atoms with E-state index in [-0.39, 0.29) is 22.1 Å². The third-order valence-corrected chi connectivity index (χ3v) is 5.79. The Morgan fingerprint density at radius 2 is 2.14 bits per heavy atom. The molecule has 118 valence electrons. The topological polar surface area (TPSA) is 75.4 Å². The number of nitrogens with zero attached hydrogens (tertiary/aromatic N) is 1. The summed E-state index contributed by atoms with van der Waals surface area (Å²) in [6.07, 6.45) is 0.696. The first-order valence-corrected chi connectivity index (χ1v) is 8.93. The predicted molar refractivity (Wildman–Crippen MR) is 83.9 cm³/mol. The van der Waals surface area contributed by atoms with Crippen LogP contribution in [-0.4, -0.2) is 39.5 Å². The maximum absolute atomic E-state index is 14.1. The van der Waals surface area contributed by atoms with Gasteiger partial charge in [-0.2, -0.15) is 0 Å². The molecule has 0 aliphatic carbocycles. The standard InChI is InChI=1S/C13H19BrFN3O2S/c1-8-7-18(2)4-3-11(8)17-21(19,20)12-6-9(16)5-10(14)13(12)15/h5-6,8,11,17H,3-4,7,16H2,1-2H3. The second-order valence-corrected chi connectivity index (χ2v) is 8.11. The molecule has 2 unspecified atom stereocenters. The van der Waals surface area contributed by atoms with E-state index in [1.165, 1.54) is 6.07 Å². The number of likely N-dealkylation sites (tertiary alicyclic amines) is 1. The first-order valence-electron chi connectivity index (χ1n) is 6.66. The molecule has 1 fully saturated rings. The van der Waals surface area contributed by atoms with Gasteiger partial charge in [-0.05, 0) is 54.0 Å². The number of hydrogen-bond donors (Lipinski definition) is 2. The Bertz CT molecular complexity index is 639. The van der Waals surface area contributed by atoms with Crippen molar-refractivity contribution in [3.63, 3.8) is 0 Å². The molecule has 1 aromatic carbocycles. The summed E-state index contributed by atoms with van der Waals surface area (Å²) in [4.78, 5) is 1.73. The highest BCUT2D eigenvalue weighted by Crippen LogP contribution is 2.27. The molecule has 5 nitrogen and oxygen atoms in total. The lowest BCUT2D eigenvalue weighted by Gasteiger charge is -2.35. The highest BCUT2D eigenvalue weighted by atomic mass is 79.9. The summed E-state index contributed by atoms with van der Waals surface area (Å²) in [6.45, 7) is 3.59. The molecule has 1 aliphatic rings. The normalized spacial score (nSPS) is 24.2. The summed E-state index contributed by atoms with van der Waals surface area (Å²) in [5.74, 6) is -0.664. The number of nitrogens with two attached hydrogens (primary N) is 1. The molecule has 0 spiro atoms. The van der Waals surface area contributed by atoms with E-state index in [9.17, 15) is 12.8 Å². The van der Waals surface area contributed by atoms with Crippen LogP contribution in [0.25, 0.3) is 0 Å². The van der Waals surface area contributed by atoms with Crippen LogP contribution in [0.3, 0.4) is 0 Å². The van der Waals surface area contributed by atoms with Crippen LogP contribution in [0.15, 0.2) is 21.5 Å². The van der Waals surface area contributed by atoms with Crippen LogP contribution < -0.4 is 10.5 Å². The third-order valence-electron chi connectivity index (χ3n) is 3.72. The molecule has 2 rings (SSSR count). The summed E-state index contributed by atoms with van der Waals surface area (Å²) in [5, 5.41) is 0. The summed E-state index contributed by atoms with van der Waals surface area (Å²) >= 11 is 2.98. The van der Waals surface area contributed by atoms with Crippen molar-refractivity contribution in [2.24, 2.45) is 5.92 Å². The van der Waals surface area contributed by atoms with Crippen molar-refractivity contribution in [3.05, 3.63) is 22.4 Å². The highest BCUT2D eigenvalue weighted by Gasteiger charge is 2.30. The summed E-state index contributed by atoms with van der Waals surface area (Å²) in [6, 6.07) is 2.28. The molecule has 1 heterocycles. The minimum Gasteiger partial charge on any atom is -0.399 e. The van der Waals surface area contributed by atoms with E-state index in [0.717, 1.165) is 19.2 Å². The zero-order valence-electron chi connectivity index (χ0n) is 11.9. The number of anilines is 1. The molecule has 0 saturated carbocycles. The number of piperidine rings is 1. The molecule has 1 aromatic rings. The van der Waals surface area contributed by atoms with Crippen molar-refractivity contribution in [2.45, 2.75) is 24.3 Å². The van der Waals surface area contributed by atoms with E-state index < -0.39 is 20.7 Å². The van der Waals surface area contributed by atoms with E-state index >= 15 is 0 Å². The van der Waals surface area contributed by atoms with Gasteiger partial charge in [0.1, 0.15) is 4.90 Å². The van der Waals surface area contributed by atoms with Crippen molar-refractivity contribution in [1.29, 1.82) is 0 Å². The molecule has 2 atom stereocenters. The van der Waals surface area contributed by atoms with Crippen LogP contribution in [0.4, 0.5) is 10.1 Å². The second-order valence-electron chi connectivity index (χ2n) is 5.57. The Kier molecular flexibility index (Phi) is 4.92. The number of halogens is 2. The zero-order chi connectivity index (χ0) is 15.8. The van der Waals surface area contributed by atoms with Crippen LogP contribution in [0.2, 0.25) is 0 Å². The van der Waals surface area contributed by atoms with Gasteiger partial charge in [-0.15, -0.1) is 0 Å². The SMILES string of the molecule is CC1CN(C)CCC1NS(=O)(=O)c1cc(N)cc(Br)c1F. The van der Waals surface area contributed by atoms with E-state index in [1.54, 1.807) is 0 Å². The number of nitrogens with one attached hydrogen (secondary N) is 1. The Morgan fingerprint density at radius 1 is 1.48 bits per heavy atom. The van der Waals surface area contributed by atoms with Gasteiger partial charge in [0.15, 0.2) is 5.82 Å². The van der Waals surface area contributed by atoms with Crippen molar-refractivity contribution >= 4 is 31.6 Å². The molecule has 0 radical (unpaired) electrons. The lowest BCUT2D eigenvalue weighted by atomic mass is 9.95. The number of rotatable bonds is 3. The van der Waals surface area contributed by atoms with Crippen LogP contribution >= 0.6 is 15.9 Å². The van der Waals surface area contributed by atoms with Gasteiger partial charge < -0.3 is 10.6 Å². The van der Waals surface area contributed by atoms with E-state index in [4.69, 9.17) is 5.73 Å².